The summed E-state index contributed by atoms with van der Waals surface area (Å²) in [6, 6.07) is 8.45. The monoisotopic (exact) mass is 277 g/mol. The van der Waals surface area contributed by atoms with Crippen LogP contribution in [0.2, 0.25) is 0 Å². The van der Waals surface area contributed by atoms with Gasteiger partial charge in [-0.25, -0.2) is 0 Å². The second-order valence-corrected chi connectivity index (χ2v) is 5.88. The van der Waals surface area contributed by atoms with Crippen LogP contribution in [0.15, 0.2) is 24.3 Å². The summed E-state index contributed by atoms with van der Waals surface area (Å²) in [4.78, 5) is 0. The van der Waals surface area contributed by atoms with E-state index in [2.05, 4.69) is 26.1 Å². The molecule has 0 radical (unpaired) electrons. The minimum absolute atomic E-state index is 0.231. The maximum absolute atomic E-state index is 6.17. The van der Waals surface area contributed by atoms with Gasteiger partial charge in [0.05, 0.1) is 7.11 Å². The van der Waals surface area contributed by atoms with Gasteiger partial charge >= 0.3 is 0 Å². The zero-order chi connectivity index (χ0) is 14.6. The third-order valence-corrected chi connectivity index (χ3v) is 4.72. The SMILES string of the molecule is CCCNC1CC(Oc2ccc(OC)cc2)C1(C)CC. The maximum Gasteiger partial charge on any atom is 0.120 e. The van der Waals surface area contributed by atoms with Gasteiger partial charge in [-0.1, -0.05) is 20.8 Å². The van der Waals surface area contributed by atoms with Crippen molar-refractivity contribution in [2.45, 2.75) is 52.2 Å². The van der Waals surface area contributed by atoms with Gasteiger partial charge in [0.25, 0.3) is 0 Å². The molecule has 1 aromatic rings. The second kappa shape index (κ2) is 6.49. The lowest BCUT2D eigenvalue weighted by atomic mass is 9.61. The molecule has 20 heavy (non-hydrogen) atoms. The lowest BCUT2D eigenvalue weighted by Gasteiger charge is -2.53. The lowest BCUT2D eigenvalue weighted by Crippen LogP contribution is -2.63. The van der Waals surface area contributed by atoms with Crippen LogP contribution in [0, 0.1) is 5.41 Å². The summed E-state index contributed by atoms with van der Waals surface area (Å²) in [7, 11) is 1.68. The second-order valence-electron chi connectivity index (χ2n) is 5.88. The highest BCUT2D eigenvalue weighted by atomic mass is 16.5. The van der Waals surface area contributed by atoms with Crippen LogP contribution in [0.5, 0.6) is 11.5 Å². The topological polar surface area (TPSA) is 30.5 Å². The Morgan fingerprint density at radius 3 is 2.40 bits per heavy atom. The highest BCUT2D eigenvalue weighted by Crippen LogP contribution is 2.46. The largest absolute Gasteiger partial charge is 0.497 e. The molecule has 3 unspecified atom stereocenters. The molecule has 2 rings (SSSR count). The normalized spacial score (nSPS) is 28.8. The highest BCUT2D eigenvalue weighted by Gasteiger charge is 2.51. The molecule has 0 aliphatic heterocycles. The van der Waals surface area contributed by atoms with Crippen molar-refractivity contribution >= 4 is 0 Å². The predicted molar refractivity (Wildman–Crippen MR) is 82.5 cm³/mol. The summed E-state index contributed by atoms with van der Waals surface area (Å²) in [6.07, 6.45) is 3.71. The number of methoxy groups -OCH3 is 1. The average molecular weight is 277 g/mol. The van der Waals surface area contributed by atoms with Gasteiger partial charge in [0.2, 0.25) is 0 Å². The highest BCUT2D eigenvalue weighted by molar-refractivity contribution is 5.31. The van der Waals surface area contributed by atoms with E-state index < -0.39 is 0 Å². The van der Waals surface area contributed by atoms with Crippen molar-refractivity contribution in [3.63, 3.8) is 0 Å². The molecule has 0 heterocycles. The van der Waals surface area contributed by atoms with E-state index in [4.69, 9.17) is 9.47 Å². The van der Waals surface area contributed by atoms with Crippen molar-refractivity contribution in [2.24, 2.45) is 5.41 Å². The van der Waals surface area contributed by atoms with Crippen LogP contribution in [0.4, 0.5) is 0 Å². The molecule has 0 saturated heterocycles. The van der Waals surface area contributed by atoms with Crippen molar-refractivity contribution in [2.75, 3.05) is 13.7 Å². The lowest BCUT2D eigenvalue weighted by molar-refractivity contribution is -0.0701. The summed E-state index contributed by atoms with van der Waals surface area (Å²) in [6.45, 7) is 7.89. The Kier molecular flexibility index (Phi) is 4.92. The number of hydrogen-bond donors (Lipinski definition) is 1. The van der Waals surface area contributed by atoms with Crippen LogP contribution in [-0.4, -0.2) is 25.8 Å². The van der Waals surface area contributed by atoms with Crippen molar-refractivity contribution in [3.05, 3.63) is 24.3 Å². The molecule has 3 nitrogen and oxygen atoms in total. The molecule has 0 bridgehead atoms. The van der Waals surface area contributed by atoms with E-state index in [1.54, 1.807) is 7.11 Å². The summed E-state index contributed by atoms with van der Waals surface area (Å²) < 4.78 is 11.3. The van der Waals surface area contributed by atoms with Gasteiger partial charge in [0, 0.05) is 17.9 Å². The first kappa shape index (κ1) is 15.2. The van der Waals surface area contributed by atoms with Crippen molar-refractivity contribution in [1.82, 2.24) is 5.32 Å². The molecule has 3 atom stereocenters. The first-order valence-electron chi connectivity index (χ1n) is 7.68. The number of nitrogens with one attached hydrogen (secondary N) is 1. The molecule has 0 amide bonds. The maximum atomic E-state index is 6.17. The van der Waals surface area contributed by atoms with Gasteiger partial charge in [0.15, 0.2) is 0 Å². The fourth-order valence-corrected chi connectivity index (χ4v) is 2.93. The zero-order valence-corrected chi connectivity index (χ0v) is 13.1. The Labute approximate surface area is 122 Å². The number of rotatable bonds is 7. The Morgan fingerprint density at radius 2 is 1.85 bits per heavy atom. The van der Waals surface area contributed by atoms with Crippen LogP contribution in [-0.2, 0) is 0 Å². The third kappa shape index (κ3) is 2.93. The van der Waals surface area contributed by atoms with Gasteiger partial charge < -0.3 is 14.8 Å². The molecule has 3 heteroatoms. The molecule has 1 aliphatic carbocycles. The van der Waals surface area contributed by atoms with E-state index in [1.165, 1.54) is 6.42 Å². The van der Waals surface area contributed by atoms with Gasteiger partial charge in [0.1, 0.15) is 17.6 Å². The fourth-order valence-electron chi connectivity index (χ4n) is 2.93. The summed E-state index contributed by atoms with van der Waals surface area (Å²) in [5, 5.41) is 3.64. The number of benzene rings is 1. The van der Waals surface area contributed by atoms with Crippen LogP contribution in [0.25, 0.3) is 0 Å². The smallest absolute Gasteiger partial charge is 0.120 e. The van der Waals surface area contributed by atoms with E-state index in [0.29, 0.717) is 12.1 Å². The van der Waals surface area contributed by atoms with Crippen LogP contribution in [0.1, 0.15) is 40.0 Å². The molecular formula is C17H27NO2. The first-order chi connectivity index (χ1) is 9.63. The predicted octanol–water partition coefficient (Wildman–Crippen LogP) is 3.63. The Balaban J connectivity index is 1.95. The van der Waals surface area contributed by atoms with Crippen molar-refractivity contribution in [3.8, 4) is 11.5 Å². The van der Waals surface area contributed by atoms with E-state index in [0.717, 1.165) is 30.9 Å². The van der Waals surface area contributed by atoms with Gasteiger partial charge in [-0.05, 0) is 43.7 Å². The molecule has 1 saturated carbocycles. The summed E-state index contributed by atoms with van der Waals surface area (Å²) >= 11 is 0. The minimum atomic E-state index is 0.231. The molecule has 1 fully saturated rings. The van der Waals surface area contributed by atoms with E-state index in [9.17, 15) is 0 Å². The van der Waals surface area contributed by atoms with E-state index in [-0.39, 0.29) is 5.41 Å². The van der Waals surface area contributed by atoms with Crippen molar-refractivity contribution < 1.29 is 9.47 Å². The standard InChI is InChI=1S/C17H27NO2/c1-5-11-18-15-12-16(17(15,3)6-2)20-14-9-7-13(19-4)8-10-14/h7-10,15-16,18H,5-6,11-12H2,1-4H3. The van der Waals surface area contributed by atoms with Crippen LogP contribution in [0.3, 0.4) is 0 Å². The zero-order valence-electron chi connectivity index (χ0n) is 13.1. The Morgan fingerprint density at radius 1 is 1.20 bits per heavy atom. The molecule has 1 aromatic carbocycles. The molecule has 1 N–H and O–H groups in total. The summed E-state index contributed by atoms with van der Waals surface area (Å²) in [5.41, 5.74) is 0.231. The molecule has 112 valence electrons. The number of ether oxygens (including phenoxy) is 2. The fraction of sp³-hybridized carbons (Fsp3) is 0.647. The first-order valence-corrected chi connectivity index (χ1v) is 7.68. The van der Waals surface area contributed by atoms with Crippen LogP contribution >= 0.6 is 0 Å². The Bertz CT molecular complexity index is 418. The van der Waals surface area contributed by atoms with E-state index >= 15 is 0 Å². The third-order valence-electron chi connectivity index (χ3n) is 4.72. The average Bonchev–Trinajstić information content (AvgIpc) is 2.49. The molecule has 1 aliphatic rings. The van der Waals surface area contributed by atoms with Gasteiger partial charge in [-0.15, -0.1) is 0 Å². The molecule has 0 spiro atoms. The van der Waals surface area contributed by atoms with Gasteiger partial charge in [-0.2, -0.15) is 0 Å². The van der Waals surface area contributed by atoms with Crippen molar-refractivity contribution in [1.29, 1.82) is 0 Å². The quantitative estimate of drug-likeness (QED) is 0.825. The van der Waals surface area contributed by atoms with Gasteiger partial charge in [-0.3, -0.25) is 0 Å². The van der Waals surface area contributed by atoms with Crippen LogP contribution < -0.4 is 14.8 Å². The number of hydrogen-bond acceptors (Lipinski definition) is 3. The Hall–Kier alpha value is -1.22. The minimum Gasteiger partial charge on any atom is -0.497 e. The molecular weight excluding hydrogens is 250 g/mol. The summed E-state index contributed by atoms with van der Waals surface area (Å²) in [5.74, 6) is 1.80. The van der Waals surface area contributed by atoms with E-state index in [1.807, 2.05) is 24.3 Å². The molecule has 0 aromatic heterocycles.